The van der Waals surface area contributed by atoms with Crippen molar-refractivity contribution in [2.75, 3.05) is 0 Å². The van der Waals surface area contributed by atoms with Gasteiger partial charge in [0.15, 0.2) is 0 Å². The zero-order valence-corrected chi connectivity index (χ0v) is 14.6. The molecule has 0 aromatic heterocycles. The first kappa shape index (κ1) is 19.4. The lowest BCUT2D eigenvalue weighted by atomic mass is 10.1. The maximum absolute atomic E-state index is 11.8. The number of carbonyl (C=O) groups is 1. The zero-order chi connectivity index (χ0) is 16.9. The molecule has 1 rings (SSSR count). The molecular formula is C18H25NO3S. The normalized spacial score (nSPS) is 11.3. The van der Waals surface area contributed by atoms with E-state index in [2.05, 4.69) is 19.0 Å². The molecule has 0 heterocycles. The number of rotatable bonds is 9. The van der Waals surface area contributed by atoms with Crippen molar-refractivity contribution in [1.29, 1.82) is 0 Å². The van der Waals surface area contributed by atoms with E-state index in [1.807, 2.05) is 31.2 Å². The molecule has 1 atom stereocenters. The Bertz CT molecular complexity index is 519. The molecule has 0 spiro atoms. The van der Waals surface area contributed by atoms with Crippen LogP contribution in [0.15, 0.2) is 29.2 Å². The smallest absolute Gasteiger partial charge is 0.256 e. The first-order chi connectivity index (χ1) is 11.2. The van der Waals surface area contributed by atoms with E-state index < -0.39 is 0 Å². The summed E-state index contributed by atoms with van der Waals surface area (Å²) in [6.07, 6.45) is 8.54. The monoisotopic (exact) mass is 335 g/mol. The second-order valence-corrected chi connectivity index (χ2v) is 6.41. The Morgan fingerprint density at radius 1 is 1.26 bits per heavy atom. The van der Waals surface area contributed by atoms with Crippen molar-refractivity contribution in [3.63, 3.8) is 0 Å². The van der Waals surface area contributed by atoms with Gasteiger partial charge >= 0.3 is 0 Å². The molecule has 0 aliphatic heterocycles. The van der Waals surface area contributed by atoms with Crippen LogP contribution >= 0.6 is 11.8 Å². The number of hydrogen-bond acceptors (Lipinski definition) is 4. The standard InChI is InChI=1S/C18H25NO3S/c1-3-5-7-8-9-17(18(20)19-21)23-16-12-10-15(11-13-16)22-14-6-4-2/h10-13,17,21H,3-5,7-9H2,1-2H3,(H,19,20). The van der Waals surface area contributed by atoms with Crippen LogP contribution in [-0.2, 0) is 4.79 Å². The first-order valence-electron chi connectivity index (χ1n) is 8.06. The number of hydrogen-bond donors (Lipinski definition) is 2. The number of unbranched alkanes of at least 4 members (excludes halogenated alkanes) is 3. The van der Waals surface area contributed by atoms with Crippen LogP contribution in [0.4, 0.5) is 0 Å². The summed E-state index contributed by atoms with van der Waals surface area (Å²) in [7, 11) is 0. The quantitative estimate of drug-likeness (QED) is 0.231. The molecule has 23 heavy (non-hydrogen) atoms. The SMILES string of the molecule is CCC#COc1ccc(SC(CCCCCC)C(=O)NO)cc1. The number of carbonyl (C=O) groups excluding carboxylic acids is 1. The Balaban J connectivity index is 2.58. The van der Waals surface area contributed by atoms with Crippen molar-refractivity contribution in [3.8, 4) is 17.8 Å². The highest BCUT2D eigenvalue weighted by molar-refractivity contribution is 8.00. The van der Waals surface area contributed by atoms with Gasteiger partial charge in [-0.1, -0.05) is 45.5 Å². The van der Waals surface area contributed by atoms with Crippen molar-refractivity contribution in [2.24, 2.45) is 0 Å². The van der Waals surface area contributed by atoms with Crippen LogP contribution in [-0.4, -0.2) is 16.4 Å². The van der Waals surface area contributed by atoms with E-state index in [4.69, 9.17) is 9.94 Å². The van der Waals surface area contributed by atoms with Gasteiger partial charge in [0.05, 0.1) is 5.25 Å². The van der Waals surface area contributed by atoms with Crippen LogP contribution in [0, 0.1) is 12.0 Å². The van der Waals surface area contributed by atoms with Crippen LogP contribution in [0.2, 0.25) is 0 Å². The van der Waals surface area contributed by atoms with E-state index in [1.165, 1.54) is 18.2 Å². The molecule has 1 aromatic rings. The number of benzene rings is 1. The molecule has 0 bridgehead atoms. The lowest BCUT2D eigenvalue weighted by Gasteiger charge is -2.14. The Morgan fingerprint density at radius 2 is 2.00 bits per heavy atom. The van der Waals surface area contributed by atoms with Gasteiger partial charge in [0.2, 0.25) is 0 Å². The van der Waals surface area contributed by atoms with Crippen molar-refractivity contribution in [3.05, 3.63) is 24.3 Å². The third-order valence-corrected chi connectivity index (χ3v) is 4.52. The van der Waals surface area contributed by atoms with Gasteiger partial charge in [-0.2, -0.15) is 0 Å². The van der Waals surface area contributed by atoms with Gasteiger partial charge in [0, 0.05) is 11.3 Å². The summed E-state index contributed by atoms with van der Waals surface area (Å²) in [5, 5.41) is 8.61. The third-order valence-electron chi connectivity index (χ3n) is 3.24. The molecule has 0 saturated heterocycles. The number of amides is 1. The van der Waals surface area contributed by atoms with Gasteiger partial charge < -0.3 is 4.74 Å². The van der Waals surface area contributed by atoms with Crippen LogP contribution in [0.5, 0.6) is 5.75 Å². The lowest BCUT2D eigenvalue weighted by molar-refractivity contribution is -0.128. The highest BCUT2D eigenvalue weighted by Crippen LogP contribution is 2.28. The minimum atomic E-state index is -0.347. The van der Waals surface area contributed by atoms with Gasteiger partial charge in [0.1, 0.15) is 11.9 Å². The molecule has 1 amide bonds. The van der Waals surface area contributed by atoms with Gasteiger partial charge in [-0.25, -0.2) is 5.48 Å². The molecule has 1 unspecified atom stereocenters. The van der Waals surface area contributed by atoms with Crippen molar-refractivity contribution in [1.82, 2.24) is 5.48 Å². The molecule has 5 heteroatoms. The van der Waals surface area contributed by atoms with Crippen molar-refractivity contribution in [2.45, 2.75) is 62.5 Å². The van der Waals surface area contributed by atoms with E-state index >= 15 is 0 Å². The maximum Gasteiger partial charge on any atom is 0.256 e. The summed E-state index contributed by atoms with van der Waals surface area (Å²) in [5.74, 6) is 3.18. The molecule has 4 nitrogen and oxygen atoms in total. The highest BCUT2D eigenvalue weighted by atomic mass is 32.2. The second-order valence-electron chi connectivity index (χ2n) is 5.14. The second kappa shape index (κ2) is 11.9. The summed E-state index contributed by atoms with van der Waals surface area (Å²) in [6.45, 7) is 4.12. The first-order valence-corrected chi connectivity index (χ1v) is 8.94. The van der Waals surface area contributed by atoms with Crippen molar-refractivity contribution >= 4 is 17.7 Å². The van der Waals surface area contributed by atoms with Crippen LogP contribution in [0.3, 0.4) is 0 Å². The molecule has 0 fully saturated rings. The van der Waals surface area contributed by atoms with Crippen LogP contribution < -0.4 is 10.2 Å². The molecule has 0 aliphatic rings. The van der Waals surface area contributed by atoms with Gasteiger partial charge in [-0.15, -0.1) is 11.8 Å². The number of thioether (sulfide) groups is 1. The molecule has 1 aromatic carbocycles. The molecule has 0 saturated carbocycles. The summed E-state index contributed by atoms with van der Waals surface area (Å²) >= 11 is 1.45. The molecule has 126 valence electrons. The fraction of sp³-hybridized carbons (Fsp3) is 0.500. The molecular weight excluding hydrogens is 310 g/mol. The number of nitrogens with one attached hydrogen (secondary N) is 1. The van der Waals surface area contributed by atoms with Crippen LogP contribution in [0.1, 0.15) is 52.4 Å². The third kappa shape index (κ3) is 7.96. The average Bonchev–Trinajstić information content (AvgIpc) is 2.58. The van der Waals surface area contributed by atoms with E-state index in [0.717, 1.165) is 37.0 Å². The Kier molecular flexibility index (Phi) is 10.0. The van der Waals surface area contributed by atoms with Crippen LogP contribution in [0.25, 0.3) is 0 Å². The Morgan fingerprint density at radius 3 is 2.61 bits per heavy atom. The summed E-state index contributed by atoms with van der Waals surface area (Å²) < 4.78 is 5.28. The Hall–Kier alpha value is -1.64. The molecule has 0 radical (unpaired) electrons. The zero-order valence-electron chi connectivity index (χ0n) is 13.8. The Labute approximate surface area is 143 Å². The fourth-order valence-electron chi connectivity index (χ4n) is 1.99. The van der Waals surface area contributed by atoms with E-state index in [9.17, 15) is 4.79 Å². The largest absolute Gasteiger partial charge is 0.408 e. The topological polar surface area (TPSA) is 58.6 Å². The summed E-state index contributed by atoms with van der Waals surface area (Å²) in [5.41, 5.74) is 1.77. The average molecular weight is 335 g/mol. The van der Waals surface area contributed by atoms with E-state index in [0.29, 0.717) is 5.75 Å². The van der Waals surface area contributed by atoms with Gasteiger partial charge in [-0.3, -0.25) is 10.0 Å². The minimum Gasteiger partial charge on any atom is -0.408 e. The fourth-order valence-corrected chi connectivity index (χ4v) is 3.06. The van der Waals surface area contributed by atoms with Gasteiger partial charge in [0.25, 0.3) is 5.91 Å². The number of hydroxylamine groups is 1. The maximum atomic E-state index is 11.8. The highest BCUT2D eigenvalue weighted by Gasteiger charge is 2.19. The molecule has 2 N–H and O–H groups in total. The summed E-state index contributed by atoms with van der Waals surface area (Å²) in [4.78, 5) is 12.8. The lowest BCUT2D eigenvalue weighted by Crippen LogP contribution is -2.30. The van der Waals surface area contributed by atoms with Crippen molar-refractivity contribution < 1.29 is 14.7 Å². The summed E-state index contributed by atoms with van der Waals surface area (Å²) in [6, 6.07) is 7.46. The minimum absolute atomic E-state index is 0.288. The van der Waals surface area contributed by atoms with E-state index in [1.54, 1.807) is 5.48 Å². The number of ether oxygens (including phenoxy) is 1. The molecule has 0 aliphatic carbocycles. The van der Waals surface area contributed by atoms with Gasteiger partial charge in [-0.05, 0) is 30.7 Å². The predicted octanol–water partition coefficient (Wildman–Crippen LogP) is 4.37. The predicted molar refractivity (Wildman–Crippen MR) is 93.5 cm³/mol. The van der Waals surface area contributed by atoms with E-state index in [-0.39, 0.29) is 11.2 Å².